The molecule has 1 aromatic carbocycles. The average Bonchev–Trinajstić information content (AvgIpc) is 3.41. The molecule has 2 aliphatic rings. The standard InChI is InChI=1S/C20H23FN4O2/c21-17-9-14(5-6-18(17)24-8-7-22-13-24)11-23-20(27)15-10-19(26)25(12-15)16-3-1-2-4-16/h5-9,13,15-16H,1-4,10-12H2,(H,23,27)/t15-/m1/s1. The third kappa shape index (κ3) is 3.72. The van der Waals surface area contributed by atoms with Crippen molar-refractivity contribution in [3.05, 3.63) is 48.3 Å². The summed E-state index contributed by atoms with van der Waals surface area (Å²) < 4.78 is 15.9. The molecule has 4 rings (SSSR count). The van der Waals surface area contributed by atoms with Crippen molar-refractivity contribution >= 4 is 11.8 Å². The first-order valence-electron chi connectivity index (χ1n) is 9.46. The minimum absolute atomic E-state index is 0.0813. The summed E-state index contributed by atoms with van der Waals surface area (Å²) in [6.45, 7) is 0.747. The number of nitrogens with one attached hydrogen (secondary N) is 1. The van der Waals surface area contributed by atoms with E-state index in [1.54, 1.807) is 29.1 Å². The summed E-state index contributed by atoms with van der Waals surface area (Å²) in [5.41, 5.74) is 1.10. The van der Waals surface area contributed by atoms with E-state index in [9.17, 15) is 14.0 Å². The van der Waals surface area contributed by atoms with Crippen LogP contribution in [0, 0.1) is 11.7 Å². The Morgan fingerprint density at radius 1 is 1.30 bits per heavy atom. The van der Waals surface area contributed by atoms with E-state index in [-0.39, 0.29) is 36.5 Å². The van der Waals surface area contributed by atoms with Crippen LogP contribution >= 0.6 is 0 Å². The number of hydrogen-bond acceptors (Lipinski definition) is 3. The lowest BCUT2D eigenvalue weighted by atomic mass is 10.1. The van der Waals surface area contributed by atoms with Crippen molar-refractivity contribution in [1.82, 2.24) is 19.8 Å². The quantitative estimate of drug-likeness (QED) is 0.879. The van der Waals surface area contributed by atoms with Gasteiger partial charge in [0, 0.05) is 37.9 Å². The van der Waals surface area contributed by atoms with E-state index in [1.807, 2.05) is 4.90 Å². The molecule has 7 heteroatoms. The van der Waals surface area contributed by atoms with E-state index < -0.39 is 0 Å². The van der Waals surface area contributed by atoms with Gasteiger partial charge in [-0.1, -0.05) is 18.9 Å². The Balaban J connectivity index is 1.34. The number of likely N-dealkylation sites (tertiary alicyclic amines) is 1. The fourth-order valence-electron chi connectivity index (χ4n) is 4.08. The van der Waals surface area contributed by atoms with Crippen molar-refractivity contribution < 1.29 is 14.0 Å². The summed E-state index contributed by atoms with van der Waals surface area (Å²) in [5.74, 6) is -0.739. The molecule has 1 saturated carbocycles. The van der Waals surface area contributed by atoms with Crippen molar-refractivity contribution in [3.8, 4) is 5.69 Å². The van der Waals surface area contributed by atoms with Gasteiger partial charge in [0.15, 0.2) is 0 Å². The molecule has 2 amide bonds. The number of carbonyl (C=O) groups is 2. The molecule has 1 aromatic heterocycles. The second-order valence-corrected chi connectivity index (χ2v) is 7.36. The number of halogens is 1. The van der Waals surface area contributed by atoms with Crippen LogP contribution in [0.1, 0.15) is 37.7 Å². The Labute approximate surface area is 157 Å². The predicted molar refractivity (Wildman–Crippen MR) is 97.4 cm³/mol. The molecule has 6 nitrogen and oxygen atoms in total. The molecule has 1 saturated heterocycles. The minimum Gasteiger partial charge on any atom is -0.352 e. The zero-order valence-corrected chi connectivity index (χ0v) is 15.1. The van der Waals surface area contributed by atoms with Crippen molar-refractivity contribution in [2.75, 3.05) is 6.54 Å². The van der Waals surface area contributed by atoms with Crippen LogP contribution in [0.5, 0.6) is 0 Å². The van der Waals surface area contributed by atoms with E-state index in [2.05, 4.69) is 10.3 Å². The highest BCUT2D eigenvalue weighted by molar-refractivity contribution is 5.89. The summed E-state index contributed by atoms with van der Waals surface area (Å²) in [5, 5.41) is 2.85. The van der Waals surface area contributed by atoms with Crippen LogP contribution in [0.25, 0.3) is 5.69 Å². The molecule has 0 spiro atoms. The molecule has 27 heavy (non-hydrogen) atoms. The molecule has 2 fully saturated rings. The van der Waals surface area contributed by atoms with Gasteiger partial charge in [-0.3, -0.25) is 9.59 Å². The first-order valence-corrected chi connectivity index (χ1v) is 9.46. The molecule has 0 radical (unpaired) electrons. The van der Waals surface area contributed by atoms with Gasteiger partial charge in [-0.15, -0.1) is 0 Å². The summed E-state index contributed by atoms with van der Waals surface area (Å²) in [6, 6.07) is 5.17. The molecule has 142 valence electrons. The zero-order chi connectivity index (χ0) is 18.8. The van der Waals surface area contributed by atoms with Gasteiger partial charge in [0.1, 0.15) is 5.82 Å². The Kier molecular flexibility index (Phi) is 4.92. The maximum atomic E-state index is 14.3. The fourth-order valence-corrected chi connectivity index (χ4v) is 4.08. The largest absolute Gasteiger partial charge is 0.352 e. The average molecular weight is 370 g/mol. The van der Waals surface area contributed by atoms with Gasteiger partial charge in [0.2, 0.25) is 11.8 Å². The fraction of sp³-hybridized carbons (Fsp3) is 0.450. The van der Waals surface area contributed by atoms with E-state index >= 15 is 0 Å². The minimum atomic E-state index is -0.372. The number of imidazole rings is 1. The van der Waals surface area contributed by atoms with Crippen LogP contribution in [0.2, 0.25) is 0 Å². The molecule has 2 heterocycles. The van der Waals surface area contributed by atoms with Gasteiger partial charge in [-0.05, 0) is 30.5 Å². The Bertz CT molecular complexity index is 831. The molecule has 1 atom stereocenters. The third-order valence-electron chi connectivity index (χ3n) is 5.56. The molecule has 2 aromatic rings. The zero-order valence-electron chi connectivity index (χ0n) is 15.1. The Hall–Kier alpha value is -2.70. The Morgan fingerprint density at radius 3 is 2.81 bits per heavy atom. The van der Waals surface area contributed by atoms with Crippen LogP contribution in [0.15, 0.2) is 36.9 Å². The van der Waals surface area contributed by atoms with Crippen molar-refractivity contribution in [3.63, 3.8) is 0 Å². The highest BCUT2D eigenvalue weighted by atomic mass is 19.1. The lowest BCUT2D eigenvalue weighted by Crippen LogP contribution is -2.36. The van der Waals surface area contributed by atoms with Crippen LogP contribution in [-0.2, 0) is 16.1 Å². The number of carbonyl (C=O) groups excluding carboxylic acids is 2. The summed E-state index contributed by atoms with van der Waals surface area (Å²) in [7, 11) is 0. The van der Waals surface area contributed by atoms with Crippen LogP contribution in [0.3, 0.4) is 0 Å². The molecule has 1 N–H and O–H groups in total. The van der Waals surface area contributed by atoms with Crippen LogP contribution in [0.4, 0.5) is 4.39 Å². The normalized spacial score (nSPS) is 20.4. The lowest BCUT2D eigenvalue weighted by Gasteiger charge is -2.23. The molecule has 0 unspecified atom stereocenters. The maximum absolute atomic E-state index is 14.3. The second kappa shape index (κ2) is 7.50. The number of nitrogens with zero attached hydrogens (tertiary/aromatic N) is 3. The van der Waals surface area contributed by atoms with Gasteiger partial charge in [0.25, 0.3) is 0 Å². The van der Waals surface area contributed by atoms with E-state index in [4.69, 9.17) is 0 Å². The highest BCUT2D eigenvalue weighted by Crippen LogP contribution is 2.29. The number of amides is 2. The molecule has 0 bridgehead atoms. The number of hydrogen-bond donors (Lipinski definition) is 1. The van der Waals surface area contributed by atoms with Gasteiger partial charge in [-0.25, -0.2) is 9.37 Å². The third-order valence-corrected chi connectivity index (χ3v) is 5.56. The van der Waals surface area contributed by atoms with Crippen molar-refractivity contribution in [2.45, 2.75) is 44.7 Å². The number of aromatic nitrogens is 2. The summed E-state index contributed by atoms with van der Waals surface area (Å²) in [4.78, 5) is 30.5. The topological polar surface area (TPSA) is 67.2 Å². The maximum Gasteiger partial charge on any atom is 0.225 e. The SMILES string of the molecule is O=C(NCc1ccc(-n2ccnc2)c(F)c1)[C@@H]1CC(=O)N(C2CCCC2)C1. The summed E-state index contributed by atoms with van der Waals surface area (Å²) in [6.07, 6.45) is 9.48. The second-order valence-electron chi connectivity index (χ2n) is 7.36. The van der Waals surface area contributed by atoms with E-state index in [0.717, 1.165) is 25.7 Å². The van der Waals surface area contributed by atoms with E-state index in [0.29, 0.717) is 23.8 Å². The first kappa shape index (κ1) is 17.7. The van der Waals surface area contributed by atoms with E-state index in [1.165, 1.54) is 12.4 Å². The molecular formula is C20H23FN4O2. The van der Waals surface area contributed by atoms with Crippen molar-refractivity contribution in [2.24, 2.45) is 5.92 Å². The Morgan fingerprint density at radius 2 is 2.11 bits per heavy atom. The van der Waals surface area contributed by atoms with Gasteiger partial charge >= 0.3 is 0 Å². The number of benzene rings is 1. The number of rotatable bonds is 5. The lowest BCUT2D eigenvalue weighted by molar-refractivity contribution is -0.130. The highest BCUT2D eigenvalue weighted by Gasteiger charge is 2.38. The monoisotopic (exact) mass is 370 g/mol. The smallest absolute Gasteiger partial charge is 0.225 e. The van der Waals surface area contributed by atoms with Gasteiger partial charge in [0.05, 0.1) is 17.9 Å². The predicted octanol–water partition coefficient (Wildman–Crippen LogP) is 2.42. The van der Waals surface area contributed by atoms with Crippen molar-refractivity contribution in [1.29, 1.82) is 0 Å². The molecule has 1 aliphatic carbocycles. The van der Waals surface area contributed by atoms with Gasteiger partial charge < -0.3 is 14.8 Å². The first-order chi connectivity index (χ1) is 13.1. The molecule has 1 aliphatic heterocycles. The van der Waals surface area contributed by atoms with Crippen LogP contribution < -0.4 is 5.32 Å². The molecular weight excluding hydrogens is 347 g/mol. The van der Waals surface area contributed by atoms with Crippen LogP contribution in [-0.4, -0.2) is 38.9 Å². The summed E-state index contributed by atoms with van der Waals surface area (Å²) >= 11 is 0. The van der Waals surface area contributed by atoms with Gasteiger partial charge in [-0.2, -0.15) is 0 Å².